The number of para-hydroxylation sites is 1. The van der Waals surface area contributed by atoms with Crippen LogP contribution in [0.3, 0.4) is 0 Å². The molecule has 3 amide bonds. The number of halogens is 1. The number of carbonyl (C=O) groups excluding carboxylic acids is 3. The van der Waals surface area contributed by atoms with Crippen molar-refractivity contribution in [1.29, 1.82) is 0 Å². The van der Waals surface area contributed by atoms with Gasteiger partial charge < -0.3 is 24.5 Å². The first-order chi connectivity index (χ1) is 21.0. The van der Waals surface area contributed by atoms with E-state index in [0.717, 1.165) is 11.1 Å². The van der Waals surface area contributed by atoms with E-state index in [2.05, 4.69) is 0 Å². The number of aliphatic hydroxyl groups excluding tert-OH is 1. The molecule has 2 aromatic rings. The van der Waals surface area contributed by atoms with Gasteiger partial charge in [0.15, 0.2) is 0 Å². The fourth-order valence-electron chi connectivity index (χ4n) is 7.84. The van der Waals surface area contributed by atoms with Crippen LogP contribution in [0, 0.1) is 24.7 Å². The van der Waals surface area contributed by atoms with E-state index in [4.69, 9.17) is 16.3 Å². The maximum Gasteiger partial charge on any atom is 0.253 e. The van der Waals surface area contributed by atoms with Crippen LogP contribution in [0.25, 0.3) is 0 Å². The van der Waals surface area contributed by atoms with Gasteiger partial charge in [0.2, 0.25) is 11.8 Å². The minimum Gasteiger partial charge on any atom is -0.394 e. The van der Waals surface area contributed by atoms with Gasteiger partial charge in [0.05, 0.1) is 40.8 Å². The molecule has 8 nitrogen and oxygen atoms in total. The third-order valence-corrected chi connectivity index (χ3v) is 9.91. The van der Waals surface area contributed by atoms with Gasteiger partial charge in [-0.15, -0.1) is 0 Å². The number of ether oxygens (including phenoxy) is 1. The van der Waals surface area contributed by atoms with Crippen LogP contribution < -0.4 is 4.90 Å². The largest absolute Gasteiger partial charge is 0.394 e. The van der Waals surface area contributed by atoms with Crippen LogP contribution in [0.1, 0.15) is 38.3 Å². The molecule has 4 heterocycles. The highest BCUT2D eigenvalue weighted by Gasteiger charge is 2.75. The van der Waals surface area contributed by atoms with Crippen LogP contribution in [0.15, 0.2) is 72.8 Å². The van der Waals surface area contributed by atoms with Crippen molar-refractivity contribution in [3.63, 3.8) is 0 Å². The lowest BCUT2D eigenvalue weighted by molar-refractivity contribution is -0.151. The minimum absolute atomic E-state index is 0.143. The molecule has 0 bridgehead atoms. The molecule has 1 unspecified atom stereocenters. The maximum atomic E-state index is 14.9. The number of aryl methyl sites for hydroxylation is 1. The molecular formula is C35H40ClN3O5. The van der Waals surface area contributed by atoms with E-state index in [9.17, 15) is 19.5 Å². The molecule has 9 heteroatoms. The molecule has 2 saturated heterocycles. The third kappa shape index (κ3) is 4.78. The number of hydrogen-bond acceptors (Lipinski definition) is 5. The summed E-state index contributed by atoms with van der Waals surface area (Å²) in [6, 6.07) is 13.5. The Balaban J connectivity index is 1.48. The van der Waals surface area contributed by atoms with Gasteiger partial charge in [-0.2, -0.15) is 0 Å². The van der Waals surface area contributed by atoms with E-state index in [0.29, 0.717) is 30.2 Å². The lowest BCUT2D eigenvalue weighted by atomic mass is 9.74. The minimum atomic E-state index is -1.42. The highest BCUT2D eigenvalue weighted by Crippen LogP contribution is 2.58. The number of hydrogen-bond donors (Lipinski definition) is 1. The molecular weight excluding hydrogens is 578 g/mol. The third-order valence-electron chi connectivity index (χ3n) is 9.60. The highest BCUT2D eigenvalue weighted by atomic mass is 35.5. The van der Waals surface area contributed by atoms with Crippen LogP contribution >= 0.6 is 11.6 Å². The van der Waals surface area contributed by atoms with Crippen molar-refractivity contribution in [2.45, 2.75) is 63.9 Å². The van der Waals surface area contributed by atoms with Crippen molar-refractivity contribution in [3.05, 3.63) is 89.0 Å². The molecule has 0 aliphatic carbocycles. The second kappa shape index (κ2) is 11.5. The SMILES string of the molecule is Cc1cccc(Cl)c1N1CC=C[C@]23O[C@]4(C)C=CCN(Cc5ccccc5)C(=O)[C@@H]4[C@H]2C(=O)N([C@@H](CO)CC(C)C)C3C1=O. The molecule has 6 atom stereocenters. The molecule has 1 N–H and O–H groups in total. The van der Waals surface area contributed by atoms with E-state index < -0.39 is 35.1 Å². The Morgan fingerprint density at radius 1 is 0.955 bits per heavy atom. The Morgan fingerprint density at radius 2 is 1.68 bits per heavy atom. The number of likely N-dealkylation sites (tertiary alicyclic amines) is 1. The topological polar surface area (TPSA) is 90.4 Å². The van der Waals surface area contributed by atoms with E-state index in [1.54, 1.807) is 15.9 Å². The normalized spacial score (nSPS) is 30.4. The number of anilines is 1. The molecule has 1 spiro atoms. The van der Waals surface area contributed by atoms with Crippen LogP contribution in [0.5, 0.6) is 0 Å². The summed E-state index contributed by atoms with van der Waals surface area (Å²) in [7, 11) is 0. The first-order valence-corrected chi connectivity index (χ1v) is 15.8. The molecule has 2 aromatic carbocycles. The van der Waals surface area contributed by atoms with Gasteiger partial charge in [-0.05, 0) is 43.4 Å². The number of aliphatic hydroxyl groups is 1. The predicted octanol–water partition coefficient (Wildman–Crippen LogP) is 4.53. The lowest BCUT2D eigenvalue weighted by Crippen LogP contribution is -2.59. The summed E-state index contributed by atoms with van der Waals surface area (Å²) in [4.78, 5) is 49.1. The molecule has 0 radical (unpaired) electrons. The van der Waals surface area contributed by atoms with Crippen LogP contribution in [-0.4, -0.2) is 75.6 Å². The Bertz CT molecular complexity index is 1510. The Morgan fingerprint density at radius 3 is 2.36 bits per heavy atom. The monoisotopic (exact) mass is 617 g/mol. The summed E-state index contributed by atoms with van der Waals surface area (Å²) in [5.74, 6) is -2.56. The van der Waals surface area contributed by atoms with Gasteiger partial charge in [-0.3, -0.25) is 14.4 Å². The zero-order chi connectivity index (χ0) is 31.4. The number of benzene rings is 2. The molecule has 0 aromatic heterocycles. The molecule has 44 heavy (non-hydrogen) atoms. The predicted molar refractivity (Wildman–Crippen MR) is 169 cm³/mol. The second-order valence-corrected chi connectivity index (χ2v) is 13.5. The average Bonchev–Trinajstić information content (AvgIpc) is 3.26. The van der Waals surface area contributed by atoms with Crippen LogP contribution in [0.2, 0.25) is 5.02 Å². The first-order valence-electron chi connectivity index (χ1n) is 15.4. The van der Waals surface area contributed by atoms with E-state index in [1.807, 2.05) is 94.5 Å². The van der Waals surface area contributed by atoms with Crippen molar-refractivity contribution in [1.82, 2.24) is 9.80 Å². The van der Waals surface area contributed by atoms with Crippen LogP contribution in [0.4, 0.5) is 5.69 Å². The van der Waals surface area contributed by atoms with Crippen molar-refractivity contribution >= 4 is 35.0 Å². The molecule has 232 valence electrons. The van der Waals surface area contributed by atoms with Crippen molar-refractivity contribution in [2.75, 3.05) is 24.6 Å². The second-order valence-electron chi connectivity index (χ2n) is 13.1. The number of amides is 3. The smallest absolute Gasteiger partial charge is 0.253 e. The van der Waals surface area contributed by atoms with E-state index in [1.165, 1.54) is 4.90 Å². The van der Waals surface area contributed by atoms with Gasteiger partial charge in [0.1, 0.15) is 11.6 Å². The number of carbonyl (C=O) groups is 3. The molecule has 0 saturated carbocycles. The van der Waals surface area contributed by atoms with Gasteiger partial charge >= 0.3 is 0 Å². The Labute approximate surface area is 263 Å². The Kier molecular flexibility index (Phi) is 7.97. The van der Waals surface area contributed by atoms with Gasteiger partial charge in [-0.1, -0.05) is 92.2 Å². The van der Waals surface area contributed by atoms with Gasteiger partial charge in [-0.25, -0.2) is 0 Å². The molecule has 2 fully saturated rings. The summed E-state index contributed by atoms with van der Waals surface area (Å²) in [6.07, 6.45) is 7.98. The Hall–Kier alpha value is -3.46. The molecule has 6 rings (SSSR count). The lowest BCUT2D eigenvalue weighted by Gasteiger charge is -2.40. The van der Waals surface area contributed by atoms with Crippen molar-refractivity contribution in [2.24, 2.45) is 17.8 Å². The fourth-order valence-corrected chi connectivity index (χ4v) is 8.16. The first kappa shape index (κ1) is 30.6. The fraction of sp³-hybridized carbons (Fsp3) is 0.457. The quantitative estimate of drug-likeness (QED) is 0.461. The molecule has 4 aliphatic heterocycles. The number of nitrogens with zero attached hydrogens (tertiary/aromatic N) is 3. The van der Waals surface area contributed by atoms with Gasteiger partial charge in [0, 0.05) is 19.6 Å². The standard InChI is InChI=1S/C35H40ClN3O5/c1-22(2)19-25(21-40)39-30-33(43)38(29-23(3)11-8-14-26(29)36)18-10-16-35(30)28(32(39)42)27-31(41)37(17-9-15-34(27,4)44-35)20-24-12-6-5-7-13-24/h5-16,22,25,27-28,30,40H,17-21H2,1-4H3/t25-,27+,28+,30?,34-,35+/m1/s1. The number of fused-ring (bicyclic) bond motifs is 2. The summed E-state index contributed by atoms with van der Waals surface area (Å²) < 4.78 is 6.97. The average molecular weight is 618 g/mol. The zero-order valence-corrected chi connectivity index (χ0v) is 26.4. The summed E-state index contributed by atoms with van der Waals surface area (Å²) in [5, 5.41) is 11.1. The molecule has 4 aliphatic rings. The van der Waals surface area contributed by atoms with Crippen molar-refractivity contribution < 1.29 is 24.2 Å². The summed E-state index contributed by atoms with van der Waals surface area (Å²) in [6.45, 7) is 8.44. The summed E-state index contributed by atoms with van der Waals surface area (Å²) in [5.41, 5.74) is -0.166. The zero-order valence-electron chi connectivity index (χ0n) is 25.7. The van der Waals surface area contributed by atoms with Gasteiger partial charge in [0.25, 0.3) is 5.91 Å². The number of rotatable bonds is 7. The maximum absolute atomic E-state index is 14.9. The van der Waals surface area contributed by atoms with Crippen molar-refractivity contribution in [3.8, 4) is 0 Å². The highest BCUT2D eigenvalue weighted by molar-refractivity contribution is 6.34. The summed E-state index contributed by atoms with van der Waals surface area (Å²) >= 11 is 6.67. The van der Waals surface area contributed by atoms with E-state index >= 15 is 0 Å². The van der Waals surface area contributed by atoms with E-state index in [-0.39, 0.29) is 36.8 Å². The van der Waals surface area contributed by atoms with Crippen LogP contribution in [-0.2, 0) is 25.7 Å².